The molecule has 1 aromatic heterocycles. The van der Waals surface area contributed by atoms with E-state index in [0.29, 0.717) is 17.9 Å². The Morgan fingerprint density at radius 2 is 2.06 bits per heavy atom. The van der Waals surface area contributed by atoms with Crippen molar-refractivity contribution in [2.45, 2.75) is 6.61 Å². The third kappa shape index (κ3) is 3.22. The molecule has 0 radical (unpaired) electrons. The van der Waals surface area contributed by atoms with Crippen LogP contribution in [0.1, 0.15) is 15.4 Å². The first-order valence-corrected chi connectivity index (χ1v) is 6.15. The van der Waals surface area contributed by atoms with Gasteiger partial charge in [-0.05, 0) is 24.3 Å². The van der Waals surface area contributed by atoms with Crippen LogP contribution in [-0.4, -0.2) is 16.1 Å². The molecule has 1 atom stereocenters. The summed E-state index contributed by atoms with van der Waals surface area (Å²) in [6, 6.07) is 6.64. The molecule has 0 bridgehead atoms. The summed E-state index contributed by atoms with van der Waals surface area (Å²) in [7, 11) is 2.48. The molecule has 1 heterocycles. The van der Waals surface area contributed by atoms with Crippen LogP contribution in [0, 0.1) is 0 Å². The number of carbonyl (C=O) groups excluding carboxylic acids is 1. The summed E-state index contributed by atoms with van der Waals surface area (Å²) in [4.78, 5) is 10.9. The third-order valence-corrected chi connectivity index (χ3v) is 3.18. The third-order valence-electron chi connectivity index (χ3n) is 1.98. The zero-order valence-corrected chi connectivity index (χ0v) is 10.8. The Labute approximate surface area is 104 Å². The Bertz CT molecular complexity index is 527. The van der Waals surface area contributed by atoms with Crippen LogP contribution in [-0.2, 0) is 6.61 Å². The molecule has 0 saturated carbocycles. The van der Waals surface area contributed by atoms with E-state index in [2.05, 4.69) is 19.4 Å². The van der Waals surface area contributed by atoms with Gasteiger partial charge in [-0.15, -0.1) is 10.2 Å². The monoisotopic (exact) mass is 267 g/mol. The van der Waals surface area contributed by atoms with Gasteiger partial charge in [0.1, 0.15) is 17.1 Å². The minimum absolute atomic E-state index is 0.363. The van der Waals surface area contributed by atoms with Crippen molar-refractivity contribution >= 4 is 31.2 Å². The molecule has 88 valence electrons. The molecule has 0 aliphatic carbocycles. The van der Waals surface area contributed by atoms with E-state index in [1.165, 1.54) is 11.3 Å². The van der Waals surface area contributed by atoms with Crippen molar-refractivity contribution in [3.63, 3.8) is 0 Å². The van der Waals surface area contributed by atoms with Crippen LogP contribution in [0.25, 0.3) is 0 Å². The molecule has 0 spiro atoms. The van der Waals surface area contributed by atoms with Gasteiger partial charge >= 0.3 is 0 Å². The lowest BCUT2D eigenvalue weighted by Gasteiger charge is -2.03. The maximum atomic E-state index is 10.9. The number of aromatic nitrogens is 2. The smallest absolute Gasteiger partial charge is 0.248 e. The van der Waals surface area contributed by atoms with E-state index in [4.69, 9.17) is 10.5 Å². The first-order chi connectivity index (χ1) is 8.15. The van der Waals surface area contributed by atoms with Crippen molar-refractivity contribution in [3.8, 4) is 5.75 Å². The van der Waals surface area contributed by atoms with Gasteiger partial charge in [0, 0.05) is 5.56 Å². The lowest BCUT2D eigenvalue weighted by Crippen LogP contribution is -2.10. The molecule has 1 unspecified atom stereocenters. The van der Waals surface area contributed by atoms with E-state index in [1.807, 2.05) is 0 Å². The Kier molecular flexibility index (Phi) is 3.66. The van der Waals surface area contributed by atoms with Gasteiger partial charge in [0.05, 0.1) is 0 Å². The van der Waals surface area contributed by atoms with Gasteiger partial charge in [-0.25, -0.2) is 0 Å². The number of hydrogen-bond acceptors (Lipinski definition) is 5. The van der Waals surface area contributed by atoms with E-state index >= 15 is 0 Å². The van der Waals surface area contributed by atoms with Crippen molar-refractivity contribution in [1.29, 1.82) is 0 Å². The molecule has 17 heavy (non-hydrogen) atoms. The fourth-order valence-corrected chi connectivity index (χ4v) is 2.17. The normalized spacial score (nSPS) is 10.2. The zero-order chi connectivity index (χ0) is 12.3. The first-order valence-electron chi connectivity index (χ1n) is 4.75. The minimum atomic E-state index is -0.451. The number of benzene rings is 1. The minimum Gasteiger partial charge on any atom is -0.486 e. The Hall–Kier alpha value is -1.52. The largest absolute Gasteiger partial charge is 0.486 e. The summed E-state index contributed by atoms with van der Waals surface area (Å²) in [5.74, 6) is 0.212. The number of nitrogens with two attached hydrogens (primary N) is 1. The number of rotatable bonds is 4. The molecule has 1 aromatic carbocycles. The summed E-state index contributed by atoms with van der Waals surface area (Å²) in [5.41, 5.74) is 5.59. The summed E-state index contributed by atoms with van der Waals surface area (Å²) in [6.45, 7) is 0.363. The summed E-state index contributed by atoms with van der Waals surface area (Å²) >= 11 is 1.46. The van der Waals surface area contributed by atoms with E-state index in [1.54, 1.807) is 24.3 Å². The topological polar surface area (TPSA) is 78.1 Å². The van der Waals surface area contributed by atoms with Gasteiger partial charge in [0.2, 0.25) is 5.91 Å². The maximum Gasteiger partial charge on any atom is 0.248 e. The fourth-order valence-electron chi connectivity index (χ4n) is 1.19. The van der Waals surface area contributed by atoms with E-state index in [-0.39, 0.29) is 0 Å². The molecular formula is C10H10N3O2PS. The predicted octanol–water partition coefficient (Wildman–Crippen LogP) is 0.716. The molecule has 2 aromatic rings. The van der Waals surface area contributed by atoms with Crippen molar-refractivity contribution in [3.05, 3.63) is 34.8 Å². The van der Waals surface area contributed by atoms with Gasteiger partial charge in [-0.2, -0.15) is 0 Å². The number of carbonyl (C=O) groups is 1. The molecule has 7 heteroatoms. The molecule has 0 aliphatic rings. The lowest BCUT2D eigenvalue weighted by molar-refractivity contribution is 0.100. The van der Waals surface area contributed by atoms with E-state index in [9.17, 15) is 4.79 Å². The Morgan fingerprint density at radius 1 is 1.35 bits per heavy atom. The van der Waals surface area contributed by atoms with Crippen LogP contribution < -0.4 is 15.2 Å². The van der Waals surface area contributed by atoms with Gasteiger partial charge < -0.3 is 10.5 Å². The molecule has 2 N–H and O–H groups in total. The van der Waals surface area contributed by atoms with Gasteiger partial charge in [-0.1, -0.05) is 20.6 Å². The summed E-state index contributed by atoms with van der Waals surface area (Å²) < 4.78 is 6.31. The van der Waals surface area contributed by atoms with Crippen LogP contribution in [0.5, 0.6) is 5.75 Å². The zero-order valence-electron chi connectivity index (χ0n) is 8.79. The summed E-state index contributed by atoms with van der Waals surface area (Å²) in [5, 5.41) is 8.58. The summed E-state index contributed by atoms with van der Waals surface area (Å²) in [6.07, 6.45) is 0. The van der Waals surface area contributed by atoms with Gasteiger partial charge in [-0.3, -0.25) is 4.79 Å². The average molecular weight is 267 g/mol. The SMILES string of the molecule is NC(=O)c1ccc(OCc2nnc(P)s2)cc1. The highest BCUT2D eigenvalue weighted by atomic mass is 32.1. The molecule has 5 nitrogen and oxygen atoms in total. The number of nitrogens with zero attached hydrogens (tertiary/aromatic N) is 2. The number of ether oxygens (including phenoxy) is 1. The highest BCUT2D eigenvalue weighted by Crippen LogP contribution is 2.14. The first kappa shape index (κ1) is 12.0. The molecule has 1 amide bonds. The van der Waals surface area contributed by atoms with Crippen molar-refractivity contribution in [1.82, 2.24) is 10.2 Å². The van der Waals surface area contributed by atoms with Crippen LogP contribution in [0.2, 0.25) is 0 Å². The lowest BCUT2D eigenvalue weighted by atomic mass is 10.2. The van der Waals surface area contributed by atoms with Crippen LogP contribution in [0.15, 0.2) is 24.3 Å². The second kappa shape index (κ2) is 5.21. The predicted molar refractivity (Wildman–Crippen MR) is 68.5 cm³/mol. The highest BCUT2D eigenvalue weighted by molar-refractivity contribution is 7.42. The number of amides is 1. The number of hydrogen-bond donors (Lipinski definition) is 1. The quantitative estimate of drug-likeness (QED) is 0.828. The van der Waals surface area contributed by atoms with Crippen LogP contribution in [0.4, 0.5) is 0 Å². The second-order valence-corrected chi connectivity index (χ2v) is 5.27. The average Bonchev–Trinajstić information content (AvgIpc) is 2.73. The molecule has 2 rings (SSSR count). The Balaban J connectivity index is 1.97. The molecular weight excluding hydrogens is 257 g/mol. The van der Waals surface area contributed by atoms with Gasteiger partial charge in [0.25, 0.3) is 0 Å². The van der Waals surface area contributed by atoms with E-state index < -0.39 is 5.91 Å². The standard InChI is InChI=1S/C10H10N3O2PS/c11-9(14)6-1-3-7(4-2-6)15-5-8-12-13-10(16)17-8/h1-4H,5,16H2,(H2,11,14). The highest BCUT2D eigenvalue weighted by Gasteiger charge is 2.03. The van der Waals surface area contributed by atoms with Crippen molar-refractivity contribution in [2.24, 2.45) is 5.73 Å². The van der Waals surface area contributed by atoms with Crippen molar-refractivity contribution < 1.29 is 9.53 Å². The maximum absolute atomic E-state index is 10.9. The van der Waals surface area contributed by atoms with Crippen molar-refractivity contribution in [2.75, 3.05) is 0 Å². The van der Waals surface area contributed by atoms with E-state index in [0.717, 1.165) is 9.76 Å². The molecule has 0 fully saturated rings. The second-order valence-electron chi connectivity index (χ2n) is 3.21. The van der Waals surface area contributed by atoms with Crippen LogP contribution in [0.3, 0.4) is 0 Å². The van der Waals surface area contributed by atoms with Crippen LogP contribution >= 0.6 is 20.6 Å². The Morgan fingerprint density at radius 3 is 2.59 bits per heavy atom. The molecule has 0 aliphatic heterocycles. The fraction of sp³-hybridized carbons (Fsp3) is 0.100. The van der Waals surface area contributed by atoms with Gasteiger partial charge in [0.15, 0.2) is 5.01 Å². The molecule has 0 saturated heterocycles. The number of primary amides is 1.